The molecule has 128 valence electrons. The van der Waals surface area contributed by atoms with Crippen molar-refractivity contribution >= 4 is 22.4 Å². The van der Waals surface area contributed by atoms with Crippen LogP contribution in [0.4, 0.5) is 5.13 Å². The molecule has 1 aromatic heterocycles. The van der Waals surface area contributed by atoms with Crippen LogP contribution in [-0.4, -0.2) is 22.7 Å². The average Bonchev–Trinajstić information content (AvgIpc) is 3.09. The number of nitrogens with one attached hydrogen (secondary N) is 1. The first-order valence-electron chi connectivity index (χ1n) is 8.64. The summed E-state index contributed by atoms with van der Waals surface area (Å²) in [4.78, 5) is 12.3. The lowest BCUT2D eigenvalue weighted by atomic mass is 9.89. The number of hydrogen-bond donors (Lipinski definition) is 1. The Kier molecular flexibility index (Phi) is 5.80. The van der Waals surface area contributed by atoms with E-state index >= 15 is 0 Å². The van der Waals surface area contributed by atoms with E-state index in [0.29, 0.717) is 5.13 Å². The number of anilines is 1. The standard InChI is InChI=1S/C18H23N3O2S/c1-2-12-23-15-10-8-14(9-11-15)17-20-21-18(24-17)19-16(22)13-6-4-3-5-7-13/h8-11,13H,2-7,12H2,1H3,(H,19,21,22). The van der Waals surface area contributed by atoms with E-state index in [1.54, 1.807) is 0 Å². The van der Waals surface area contributed by atoms with Gasteiger partial charge in [-0.05, 0) is 43.5 Å². The first kappa shape index (κ1) is 16.9. The fourth-order valence-corrected chi connectivity index (χ4v) is 3.63. The summed E-state index contributed by atoms with van der Waals surface area (Å²) >= 11 is 1.41. The summed E-state index contributed by atoms with van der Waals surface area (Å²) in [5.41, 5.74) is 0.981. The Labute approximate surface area is 146 Å². The van der Waals surface area contributed by atoms with Gasteiger partial charge in [-0.25, -0.2) is 0 Å². The Morgan fingerprint density at radius 3 is 2.67 bits per heavy atom. The minimum Gasteiger partial charge on any atom is -0.494 e. The molecular formula is C18H23N3O2S. The van der Waals surface area contributed by atoms with E-state index in [1.165, 1.54) is 17.8 Å². The third-order valence-electron chi connectivity index (χ3n) is 4.21. The maximum absolute atomic E-state index is 12.3. The number of carbonyl (C=O) groups excluding carboxylic acids is 1. The van der Waals surface area contributed by atoms with Crippen molar-refractivity contribution in [3.05, 3.63) is 24.3 Å². The van der Waals surface area contributed by atoms with Crippen LogP contribution in [0.1, 0.15) is 45.4 Å². The van der Waals surface area contributed by atoms with Gasteiger partial charge < -0.3 is 10.1 Å². The van der Waals surface area contributed by atoms with Crippen molar-refractivity contribution in [3.63, 3.8) is 0 Å². The number of ether oxygens (including phenoxy) is 1. The fourth-order valence-electron chi connectivity index (χ4n) is 2.88. The minimum atomic E-state index is 0.0840. The fraction of sp³-hybridized carbons (Fsp3) is 0.500. The first-order chi connectivity index (χ1) is 11.8. The van der Waals surface area contributed by atoms with Crippen LogP contribution in [0.2, 0.25) is 0 Å². The second-order valence-corrected chi connectivity index (χ2v) is 7.09. The zero-order valence-corrected chi connectivity index (χ0v) is 14.8. The molecule has 0 bridgehead atoms. The van der Waals surface area contributed by atoms with E-state index in [9.17, 15) is 4.79 Å². The molecule has 0 saturated heterocycles. The van der Waals surface area contributed by atoms with Crippen molar-refractivity contribution in [2.24, 2.45) is 5.92 Å². The van der Waals surface area contributed by atoms with Gasteiger partial charge in [0.1, 0.15) is 10.8 Å². The van der Waals surface area contributed by atoms with Gasteiger partial charge in [0.15, 0.2) is 0 Å². The van der Waals surface area contributed by atoms with Crippen LogP contribution < -0.4 is 10.1 Å². The molecule has 1 amide bonds. The summed E-state index contributed by atoms with van der Waals surface area (Å²) in [6.07, 6.45) is 6.48. The molecule has 6 heteroatoms. The number of nitrogens with zero attached hydrogens (tertiary/aromatic N) is 2. The highest BCUT2D eigenvalue weighted by atomic mass is 32.1. The molecule has 0 aliphatic heterocycles. The lowest BCUT2D eigenvalue weighted by Crippen LogP contribution is -2.24. The van der Waals surface area contributed by atoms with Gasteiger partial charge in [-0.15, -0.1) is 10.2 Å². The number of carbonyl (C=O) groups is 1. The van der Waals surface area contributed by atoms with Crippen LogP contribution in [0.5, 0.6) is 5.75 Å². The Balaban J connectivity index is 1.61. The SMILES string of the molecule is CCCOc1ccc(-c2nnc(NC(=O)C3CCCCC3)s2)cc1. The highest BCUT2D eigenvalue weighted by Gasteiger charge is 2.22. The molecule has 1 fully saturated rings. The van der Waals surface area contributed by atoms with E-state index in [4.69, 9.17) is 4.74 Å². The molecule has 1 aliphatic carbocycles. The Hall–Kier alpha value is -1.95. The smallest absolute Gasteiger partial charge is 0.229 e. The maximum Gasteiger partial charge on any atom is 0.229 e. The molecule has 1 aliphatic rings. The van der Waals surface area contributed by atoms with E-state index < -0.39 is 0 Å². The molecule has 1 saturated carbocycles. The largest absolute Gasteiger partial charge is 0.494 e. The van der Waals surface area contributed by atoms with E-state index in [1.807, 2.05) is 24.3 Å². The average molecular weight is 345 g/mol. The lowest BCUT2D eigenvalue weighted by molar-refractivity contribution is -0.120. The highest BCUT2D eigenvalue weighted by Crippen LogP contribution is 2.29. The third-order valence-corrected chi connectivity index (χ3v) is 5.09. The van der Waals surface area contributed by atoms with Crippen LogP contribution in [-0.2, 0) is 4.79 Å². The molecule has 0 spiro atoms. The van der Waals surface area contributed by atoms with Gasteiger partial charge in [-0.3, -0.25) is 4.79 Å². The summed E-state index contributed by atoms with van der Waals surface area (Å²) in [5, 5.41) is 12.6. The number of rotatable bonds is 6. The van der Waals surface area contributed by atoms with Crippen molar-refractivity contribution in [3.8, 4) is 16.3 Å². The molecule has 1 heterocycles. The van der Waals surface area contributed by atoms with Gasteiger partial charge in [-0.2, -0.15) is 0 Å². The Morgan fingerprint density at radius 1 is 1.21 bits per heavy atom. The molecule has 3 rings (SSSR count). The Bertz CT molecular complexity index is 663. The van der Waals surface area contributed by atoms with E-state index in [-0.39, 0.29) is 11.8 Å². The molecule has 24 heavy (non-hydrogen) atoms. The van der Waals surface area contributed by atoms with Gasteiger partial charge in [0.25, 0.3) is 0 Å². The summed E-state index contributed by atoms with van der Waals surface area (Å²) in [6.45, 7) is 2.80. The van der Waals surface area contributed by atoms with Crippen molar-refractivity contribution in [1.82, 2.24) is 10.2 Å². The highest BCUT2D eigenvalue weighted by molar-refractivity contribution is 7.18. The molecular weight excluding hydrogens is 322 g/mol. The van der Waals surface area contributed by atoms with Gasteiger partial charge in [-0.1, -0.05) is 37.5 Å². The molecule has 0 atom stereocenters. The number of aromatic nitrogens is 2. The minimum absolute atomic E-state index is 0.0840. The zero-order chi connectivity index (χ0) is 16.8. The van der Waals surface area contributed by atoms with Gasteiger partial charge in [0, 0.05) is 11.5 Å². The van der Waals surface area contributed by atoms with Gasteiger partial charge in [0.2, 0.25) is 11.0 Å². The van der Waals surface area contributed by atoms with Crippen LogP contribution in [0.3, 0.4) is 0 Å². The number of benzene rings is 1. The zero-order valence-electron chi connectivity index (χ0n) is 14.0. The maximum atomic E-state index is 12.3. The van der Waals surface area contributed by atoms with Gasteiger partial charge >= 0.3 is 0 Å². The second-order valence-electron chi connectivity index (χ2n) is 6.11. The molecule has 0 unspecified atom stereocenters. The quantitative estimate of drug-likeness (QED) is 0.836. The summed E-state index contributed by atoms with van der Waals surface area (Å²) in [7, 11) is 0. The normalized spacial score (nSPS) is 15.2. The number of hydrogen-bond acceptors (Lipinski definition) is 5. The first-order valence-corrected chi connectivity index (χ1v) is 9.45. The monoisotopic (exact) mass is 345 g/mol. The van der Waals surface area contributed by atoms with Crippen molar-refractivity contribution in [1.29, 1.82) is 0 Å². The predicted molar refractivity (Wildman–Crippen MR) is 96.3 cm³/mol. The second kappa shape index (κ2) is 8.24. The van der Waals surface area contributed by atoms with Crippen LogP contribution >= 0.6 is 11.3 Å². The van der Waals surface area contributed by atoms with Crippen molar-refractivity contribution in [2.45, 2.75) is 45.4 Å². The molecule has 2 aromatic rings. The Morgan fingerprint density at radius 2 is 1.96 bits per heavy atom. The lowest BCUT2D eigenvalue weighted by Gasteiger charge is -2.19. The molecule has 0 radical (unpaired) electrons. The summed E-state index contributed by atoms with van der Waals surface area (Å²) in [6, 6.07) is 7.82. The van der Waals surface area contributed by atoms with Crippen LogP contribution in [0, 0.1) is 5.92 Å². The van der Waals surface area contributed by atoms with Crippen molar-refractivity contribution < 1.29 is 9.53 Å². The van der Waals surface area contributed by atoms with Crippen molar-refractivity contribution in [2.75, 3.05) is 11.9 Å². The molecule has 5 nitrogen and oxygen atoms in total. The summed E-state index contributed by atoms with van der Waals surface area (Å²) in [5.74, 6) is 1.07. The predicted octanol–water partition coefficient (Wildman–Crippen LogP) is 4.51. The van der Waals surface area contributed by atoms with Gasteiger partial charge in [0.05, 0.1) is 6.61 Å². The van der Waals surface area contributed by atoms with E-state index in [2.05, 4.69) is 22.4 Å². The molecule has 1 aromatic carbocycles. The number of amides is 1. The van der Waals surface area contributed by atoms with E-state index in [0.717, 1.165) is 55.0 Å². The third kappa shape index (κ3) is 4.32. The van der Waals surface area contributed by atoms with Crippen LogP contribution in [0.25, 0.3) is 10.6 Å². The topological polar surface area (TPSA) is 64.1 Å². The van der Waals surface area contributed by atoms with Crippen LogP contribution in [0.15, 0.2) is 24.3 Å². The molecule has 1 N–H and O–H groups in total. The summed E-state index contributed by atoms with van der Waals surface area (Å²) < 4.78 is 5.58.